The fourth-order valence-corrected chi connectivity index (χ4v) is 3.96. The Kier molecular flexibility index (Phi) is 5.77. The quantitative estimate of drug-likeness (QED) is 0.562. The van der Waals surface area contributed by atoms with Crippen LogP contribution in [0.15, 0.2) is 36.4 Å². The molecule has 0 spiro atoms. The molecule has 2 aromatic rings. The molecule has 0 atom stereocenters. The number of nitrogens with zero attached hydrogens (tertiary/aromatic N) is 3. The molecule has 0 unspecified atom stereocenters. The Morgan fingerprint density at radius 1 is 1.07 bits per heavy atom. The molecule has 0 bridgehead atoms. The van der Waals surface area contributed by atoms with E-state index in [-0.39, 0.29) is 17.4 Å². The molecular formula is C20H22ClN3O4. The Bertz CT molecular complexity index is 869. The molecule has 2 heterocycles. The summed E-state index contributed by atoms with van der Waals surface area (Å²) in [6.45, 7) is 5.71. The first kappa shape index (κ1) is 19.1. The molecule has 1 fully saturated rings. The number of nitro benzene ring substituents is 1. The Morgan fingerprint density at radius 3 is 2.54 bits per heavy atom. The predicted octanol–water partition coefficient (Wildman–Crippen LogP) is 3.43. The molecule has 2 aliphatic rings. The average Bonchev–Trinajstić information content (AvgIpc) is 2.69. The second-order valence-corrected chi connectivity index (χ2v) is 7.58. The van der Waals surface area contributed by atoms with E-state index in [0.717, 1.165) is 54.6 Å². The number of benzene rings is 2. The van der Waals surface area contributed by atoms with Gasteiger partial charge >= 0.3 is 0 Å². The number of fused-ring (bicyclic) bond motifs is 1. The van der Waals surface area contributed by atoms with Gasteiger partial charge in [0.15, 0.2) is 6.79 Å². The van der Waals surface area contributed by atoms with E-state index in [4.69, 9.17) is 21.1 Å². The topological polar surface area (TPSA) is 68.1 Å². The molecule has 148 valence electrons. The third-order valence-electron chi connectivity index (χ3n) is 5.14. The molecule has 0 aliphatic carbocycles. The van der Waals surface area contributed by atoms with E-state index < -0.39 is 0 Å². The largest absolute Gasteiger partial charge is 0.467 e. The third-order valence-corrected chi connectivity index (χ3v) is 5.37. The average molecular weight is 404 g/mol. The minimum absolute atomic E-state index is 0.0856. The van der Waals surface area contributed by atoms with Crippen LogP contribution in [0.3, 0.4) is 0 Å². The van der Waals surface area contributed by atoms with Gasteiger partial charge < -0.3 is 9.47 Å². The lowest BCUT2D eigenvalue weighted by Crippen LogP contribution is -2.45. The second kappa shape index (κ2) is 8.45. The van der Waals surface area contributed by atoms with Crippen molar-refractivity contribution >= 4 is 17.3 Å². The molecule has 28 heavy (non-hydrogen) atoms. The van der Waals surface area contributed by atoms with Gasteiger partial charge in [-0.3, -0.25) is 19.9 Å². The summed E-state index contributed by atoms with van der Waals surface area (Å²) in [6.07, 6.45) is 0. The molecule has 0 amide bonds. The monoisotopic (exact) mass is 403 g/mol. The van der Waals surface area contributed by atoms with Gasteiger partial charge in [0.1, 0.15) is 5.75 Å². The first-order chi connectivity index (χ1) is 13.6. The van der Waals surface area contributed by atoms with Crippen LogP contribution in [0.1, 0.15) is 16.7 Å². The van der Waals surface area contributed by atoms with Crippen LogP contribution in [-0.4, -0.2) is 47.7 Å². The van der Waals surface area contributed by atoms with E-state index >= 15 is 0 Å². The van der Waals surface area contributed by atoms with E-state index in [1.54, 1.807) is 12.1 Å². The van der Waals surface area contributed by atoms with Crippen LogP contribution < -0.4 is 4.74 Å². The van der Waals surface area contributed by atoms with Gasteiger partial charge in [0.2, 0.25) is 0 Å². The Morgan fingerprint density at radius 2 is 1.82 bits per heavy atom. The first-order valence-electron chi connectivity index (χ1n) is 9.28. The lowest BCUT2D eigenvalue weighted by atomic mass is 10.1. The highest BCUT2D eigenvalue weighted by Gasteiger charge is 2.24. The molecule has 7 nitrogen and oxygen atoms in total. The molecule has 0 radical (unpaired) electrons. The summed E-state index contributed by atoms with van der Waals surface area (Å²) in [5.41, 5.74) is 2.90. The second-order valence-electron chi connectivity index (χ2n) is 7.14. The van der Waals surface area contributed by atoms with Crippen LogP contribution in [0.25, 0.3) is 0 Å². The number of nitro groups is 1. The summed E-state index contributed by atoms with van der Waals surface area (Å²) in [4.78, 5) is 15.6. The standard InChI is InChI=1S/C20H22ClN3O4/c21-18-3-1-2-15(8-18)11-22-4-6-23(7-5-22)12-16-9-19(24(25)26)10-17-13-27-14-28-20(16)17/h1-3,8-10H,4-7,11-14H2. The van der Waals surface area contributed by atoms with E-state index in [2.05, 4.69) is 15.9 Å². The molecule has 0 aromatic heterocycles. The minimum Gasteiger partial charge on any atom is -0.467 e. The van der Waals surface area contributed by atoms with Gasteiger partial charge in [-0.15, -0.1) is 0 Å². The van der Waals surface area contributed by atoms with Gasteiger partial charge in [0.05, 0.1) is 11.5 Å². The summed E-state index contributed by atoms with van der Waals surface area (Å²) in [5, 5.41) is 12.0. The van der Waals surface area contributed by atoms with Crippen molar-refractivity contribution in [3.63, 3.8) is 0 Å². The number of hydrogen-bond donors (Lipinski definition) is 0. The first-order valence-corrected chi connectivity index (χ1v) is 9.66. The normalized spacial score (nSPS) is 17.8. The van der Waals surface area contributed by atoms with Crippen LogP contribution in [0.5, 0.6) is 5.75 Å². The van der Waals surface area contributed by atoms with Crippen molar-refractivity contribution in [2.45, 2.75) is 19.7 Å². The van der Waals surface area contributed by atoms with Crippen molar-refractivity contribution < 1.29 is 14.4 Å². The van der Waals surface area contributed by atoms with Crippen LogP contribution in [0.4, 0.5) is 5.69 Å². The van der Waals surface area contributed by atoms with Crippen molar-refractivity contribution in [1.29, 1.82) is 0 Å². The molecule has 8 heteroatoms. The fourth-order valence-electron chi connectivity index (χ4n) is 3.74. The van der Waals surface area contributed by atoms with Crippen molar-refractivity contribution in [2.24, 2.45) is 0 Å². The van der Waals surface area contributed by atoms with Crippen LogP contribution in [-0.2, 0) is 24.4 Å². The summed E-state index contributed by atoms with van der Waals surface area (Å²) in [5.74, 6) is 0.734. The highest BCUT2D eigenvalue weighted by atomic mass is 35.5. The molecular weight excluding hydrogens is 382 g/mol. The molecule has 4 rings (SSSR count). The SMILES string of the molecule is O=[N+]([O-])c1cc2c(c(CN3CCN(Cc4cccc(Cl)c4)CC3)c1)OCOC2. The third kappa shape index (κ3) is 4.44. The molecule has 2 aromatic carbocycles. The Labute approximate surface area is 168 Å². The van der Waals surface area contributed by atoms with Gasteiger partial charge in [-0.1, -0.05) is 23.7 Å². The van der Waals surface area contributed by atoms with E-state index in [9.17, 15) is 10.1 Å². The lowest BCUT2D eigenvalue weighted by Gasteiger charge is -2.35. The van der Waals surface area contributed by atoms with Crippen molar-refractivity contribution in [3.8, 4) is 5.75 Å². The van der Waals surface area contributed by atoms with Gasteiger partial charge in [0, 0.05) is 67.6 Å². The highest BCUT2D eigenvalue weighted by molar-refractivity contribution is 6.30. The summed E-state index contributed by atoms with van der Waals surface area (Å²) < 4.78 is 10.9. The Hall–Kier alpha value is -2.19. The smallest absolute Gasteiger partial charge is 0.270 e. The fraction of sp³-hybridized carbons (Fsp3) is 0.400. The maximum absolute atomic E-state index is 11.3. The van der Waals surface area contributed by atoms with Crippen LogP contribution in [0.2, 0.25) is 5.02 Å². The molecule has 0 saturated carbocycles. The minimum atomic E-state index is -0.360. The number of rotatable bonds is 5. The zero-order valence-corrected chi connectivity index (χ0v) is 16.2. The zero-order chi connectivity index (χ0) is 19.5. The number of non-ortho nitro benzene ring substituents is 1. The maximum Gasteiger partial charge on any atom is 0.270 e. The van der Waals surface area contributed by atoms with Gasteiger partial charge in [-0.25, -0.2) is 0 Å². The number of halogens is 1. The van der Waals surface area contributed by atoms with Crippen LogP contribution in [0, 0.1) is 10.1 Å². The van der Waals surface area contributed by atoms with E-state index in [1.165, 1.54) is 5.56 Å². The Balaban J connectivity index is 1.41. The van der Waals surface area contributed by atoms with Gasteiger partial charge in [0.25, 0.3) is 5.69 Å². The molecule has 2 aliphatic heterocycles. The maximum atomic E-state index is 11.3. The predicted molar refractivity (Wildman–Crippen MR) is 105 cm³/mol. The zero-order valence-electron chi connectivity index (χ0n) is 15.5. The highest BCUT2D eigenvalue weighted by Crippen LogP contribution is 2.33. The van der Waals surface area contributed by atoms with E-state index in [0.29, 0.717) is 13.2 Å². The summed E-state index contributed by atoms with van der Waals surface area (Å²) in [6, 6.07) is 11.1. The van der Waals surface area contributed by atoms with Gasteiger partial charge in [-0.05, 0) is 17.7 Å². The van der Waals surface area contributed by atoms with Crippen LogP contribution >= 0.6 is 11.6 Å². The van der Waals surface area contributed by atoms with E-state index in [1.807, 2.05) is 18.2 Å². The number of ether oxygens (including phenoxy) is 2. The van der Waals surface area contributed by atoms with Crippen molar-refractivity contribution in [2.75, 3.05) is 33.0 Å². The summed E-state index contributed by atoms with van der Waals surface area (Å²) in [7, 11) is 0. The van der Waals surface area contributed by atoms with Gasteiger partial charge in [-0.2, -0.15) is 0 Å². The number of hydrogen-bond acceptors (Lipinski definition) is 6. The summed E-state index contributed by atoms with van der Waals surface area (Å²) >= 11 is 6.07. The molecule has 1 saturated heterocycles. The number of piperazine rings is 1. The molecule has 0 N–H and O–H groups in total. The lowest BCUT2D eigenvalue weighted by molar-refractivity contribution is -0.385. The van der Waals surface area contributed by atoms with Crippen molar-refractivity contribution in [3.05, 3.63) is 68.2 Å². The van der Waals surface area contributed by atoms with Crippen molar-refractivity contribution in [1.82, 2.24) is 9.80 Å².